The Morgan fingerprint density at radius 2 is 2.19 bits per heavy atom. The van der Waals surface area contributed by atoms with E-state index in [1.54, 1.807) is 38.2 Å². The van der Waals surface area contributed by atoms with Gasteiger partial charge in [-0.25, -0.2) is 0 Å². The molecule has 0 saturated carbocycles. The van der Waals surface area contributed by atoms with Crippen molar-refractivity contribution in [2.45, 2.75) is 6.92 Å². The van der Waals surface area contributed by atoms with Gasteiger partial charge in [0.1, 0.15) is 0 Å². The summed E-state index contributed by atoms with van der Waals surface area (Å²) < 4.78 is 0. The molecule has 0 radical (unpaired) electrons. The van der Waals surface area contributed by atoms with Gasteiger partial charge in [-0.2, -0.15) is 5.26 Å². The molecule has 0 aliphatic carbocycles. The van der Waals surface area contributed by atoms with E-state index in [4.69, 9.17) is 11.0 Å². The number of carbonyl (C=O) groups is 1. The molecule has 1 aromatic rings. The number of benzene rings is 1. The van der Waals surface area contributed by atoms with Crippen molar-refractivity contribution in [3.05, 3.63) is 29.8 Å². The summed E-state index contributed by atoms with van der Waals surface area (Å²) in [6.45, 7) is 2.18. The highest BCUT2D eigenvalue weighted by Gasteiger charge is 2.15. The zero-order chi connectivity index (χ0) is 12.1. The summed E-state index contributed by atoms with van der Waals surface area (Å²) in [5.41, 5.74) is 6.65. The van der Waals surface area contributed by atoms with Crippen LogP contribution in [0.15, 0.2) is 24.3 Å². The second-order valence-electron chi connectivity index (χ2n) is 3.80. The fraction of sp³-hybridized carbons (Fsp3) is 0.333. The standard InChI is InChI=1S/C12H15N3O/c1-9(7-13)8-15(2)12(16)10-5-3-4-6-11(10)14/h3-6,9H,8,14H2,1-2H3. The van der Waals surface area contributed by atoms with Crippen molar-refractivity contribution in [3.8, 4) is 6.07 Å². The predicted molar refractivity (Wildman–Crippen MR) is 62.6 cm³/mol. The van der Waals surface area contributed by atoms with E-state index >= 15 is 0 Å². The fourth-order valence-electron chi connectivity index (χ4n) is 1.43. The minimum atomic E-state index is -0.182. The van der Waals surface area contributed by atoms with Crippen LogP contribution in [0.2, 0.25) is 0 Å². The normalized spacial score (nSPS) is 11.6. The first kappa shape index (κ1) is 12.1. The van der Waals surface area contributed by atoms with Crippen LogP contribution < -0.4 is 5.73 Å². The third-order valence-corrected chi connectivity index (χ3v) is 2.31. The molecule has 1 atom stereocenters. The van der Waals surface area contributed by atoms with Crippen LogP contribution in [0, 0.1) is 17.2 Å². The van der Waals surface area contributed by atoms with Gasteiger partial charge in [-0.15, -0.1) is 0 Å². The van der Waals surface area contributed by atoms with Crippen molar-refractivity contribution in [2.24, 2.45) is 5.92 Å². The Labute approximate surface area is 95.3 Å². The van der Waals surface area contributed by atoms with Crippen LogP contribution in [0.25, 0.3) is 0 Å². The van der Waals surface area contributed by atoms with Crippen molar-refractivity contribution < 1.29 is 4.79 Å². The van der Waals surface area contributed by atoms with Crippen LogP contribution in [-0.2, 0) is 0 Å². The van der Waals surface area contributed by atoms with E-state index in [0.717, 1.165) is 0 Å². The minimum Gasteiger partial charge on any atom is -0.398 e. The third kappa shape index (κ3) is 2.74. The lowest BCUT2D eigenvalue weighted by Crippen LogP contribution is -2.31. The molecule has 0 heterocycles. The third-order valence-electron chi connectivity index (χ3n) is 2.31. The number of hydrogen-bond donors (Lipinski definition) is 1. The van der Waals surface area contributed by atoms with Crippen LogP contribution in [-0.4, -0.2) is 24.4 Å². The second-order valence-corrected chi connectivity index (χ2v) is 3.80. The second kappa shape index (κ2) is 5.17. The van der Waals surface area contributed by atoms with E-state index in [2.05, 4.69) is 6.07 Å². The summed E-state index contributed by atoms with van der Waals surface area (Å²) in [6, 6.07) is 9.02. The molecule has 0 bridgehead atoms. The van der Waals surface area contributed by atoms with Crippen LogP contribution >= 0.6 is 0 Å². The predicted octanol–water partition coefficient (Wildman–Crippen LogP) is 1.50. The van der Waals surface area contributed by atoms with Gasteiger partial charge in [-0.05, 0) is 19.1 Å². The van der Waals surface area contributed by atoms with E-state index in [1.165, 1.54) is 4.90 Å². The molecule has 1 aromatic carbocycles. The molecule has 0 aromatic heterocycles. The van der Waals surface area contributed by atoms with Crippen LogP contribution in [0.3, 0.4) is 0 Å². The molecule has 4 heteroatoms. The number of nitriles is 1. The van der Waals surface area contributed by atoms with Crippen molar-refractivity contribution in [3.63, 3.8) is 0 Å². The molecule has 16 heavy (non-hydrogen) atoms. The van der Waals surface area contributed by atoms with Gasteiger partial charge in [0.15, 0.2) is 0 Å². The van der Waals surface area contributed by atoms with Crippen molar-refractivity contribution in [1.29, 1.82) is 5.26 Å². The maximum Gasteiger partial charge on any atom is 0.255 e. The van der Waals surface area contributed by atoms with E-state index in [0.29, 0.717) is 17.8 Å². The Hall–Kier alpha value is -2.02. The molecule has 0 spiro atoms. The molecule has 0 aliphatic heterocycles. The number of para-hydroxylation sites is 1. The van der Waals surface area contributed by atoms with Gasteiger partial charge in [0.25, 0.3) is 5.91 Å². The number of rotatable bonds is 3. The topological polar surface area (TPSA) is 70.1 Å². The molecule has 0 aliphatic rings. The highest BCUT2D eigenvalue weighted by Crippen LogP contribution is 2.13. The molecule has 2 N–H and O–H groups in total. The zero-order valence-electron chi connectivity index (χ0n) is 9.47. The molecule has 1 unspecified atom stereocenters. The Balaban J connectivity index is 2.80. The lowest BCUT2D eigenvalue weighted by atomic mass is 10.1. The first-order valence-corrected chi connectivity index (χ1v) is 5.06. The highest BCUT2D eigenvalue weighted by molar-refractivity contribution is 5.98. The fourth-order valence-corrected chi connectivity index (χ4v) is 1.43. The number of nitrogens with two attached hydrogens (primary N) is 1. The zero-order valence-corrected chi connectivity index (χ0v) is 9.47. The highest BCUT2D eigenvalue weighted by atomic mass is 16.2. The van der Waals surface area contributed by atoms with Gasteiger partial charge >= 0.3 is 0 Å². The van der Waals surface area contributed by atoms with E-state index in [9.17, 15) is 4.79 Å². The van der Waals surface area contributed by atoms with E-state index in [-0.39, 0.29) is 11.8 Å². The molecule has 0 saturated heterocycles. The van der Waals surface area contributed by atoms with Crippen molar-refractivity contribution in [2.75, 3.05) is 19.3 Å². The molecular formula is C12H15N3O. The van der Waals surface area contributed by atoms with Gasteiger partial charge < -0.3 is 10.6 Å². The van der Waals surface area contributed by atoms with Crippen molar-refractivity contribution in [1.82, 2.24) is 4.90 Å². The van der Waals surface area contributed by atoms with Crippen molar-refractivity contribution >= 4 is 11.6 Å². The summed E-state index contributed by atoms with van der Waals surface area (Å²) in [7, 11) is 1.67. The molecule has 4 nitrogen and oxygen atoms in total. The number of nitrogen functional groups attached to an aromatic ring is 1. The number of nitrogens with zero attached hydrogens (tertiary/aromatic N) is 2. The molecule has 1 rings (SSSR count). The first-order valence-electron chi connectivity index (χ1n) is 5.06. The smallest absolute Gasteiger partial charge is 0.255 e. The summed E-state index contributed by atoms with van der Waals surface area (Å²) in [5.74, 6) is -0.334. The quantitative estimate of drug-likeness (QED) is 0.780. The minimum absolute atomic E-state index is 0.153. The van der Waals surface area contributed by atoms with Gasteiger partial charge in [0.2, 0.25) is 0 Å². The van der Waals surface area contributed by atoms with Gasteiger partial charge in [0.05, 0.1) is 17.6 Å². The molecular weight excluding hydrogens is 202 g/mol. The number of carbonyl (C=O) groups excluding carboxylic acids is 1. The van der Waals surface area contributed by atoms with E-state index in [1.807, 2.05) is 0 Å². The molecule has 0 fully saturated rings. The maximum atomic E-state index is 12.0. The maximum absolute atomic E-state index is 12.0. The largest absolute Gasteiger partial charge is 0.398 e. The Bertz CT molecular complexity index is 423. The Morgan fingerprint density at radius 3 is 2.75 bits per heavy atom. The Kier molecular flexibility index (Phi) is 3.90. The average Bonchev–Trinajstić information content (AvgIpc) is 2.28. The van der Waals surface area contributed by atoms with Crippen LogP contribution in [0.5, 0.6) is 0 Å². The average molecular weight is 217 g/mol. The van der Waals surface area contributed by atoms with Gasteiger partial charge in [-0.3, -0.25) is 4.79 Å². The first-order chi connectivity index (χ1) is 7.56. The summed E-state index contributed by atoms with van der Waals surface area (Å²) >= 11 is 0. The van der Waals surface area contributed by atoms with Gasteiger partial charge in [-0.1, -0.05) is 12.1 Å². The van der Waals surface area contributed by atoms with Gasteiger partial charge in [0, 0.05) is 19.3 Å². The Morgan fingerprint density at radius 1 is 1.56 bits per heavy atom. The van der Waals surface area contributed by atoms with Crippen LogP contribution in [0.1, 0.15) is 17.3 Å². The van der Waals surface area contributed by atoms with Crippen LogP contribution in [0.4, 0.5) is 5.69 Å². The lowest BCUT2D eigenvalue weighted by molar-refractivity contribution is 0.0786. The molecule has 84 valence electrons. The monoisotopic (exact) mass is 217 g/mol. The summed E-state index contributed by atoms with van der Waals surface area (Å²) in [6.07, 6.45) is 0. The molecule has 1 amide bonds. The lowest BCUT2D eigenvalue weighted by Gasteiger charge is -2.19. The number of amides is 1. The summed E-state index contributed by atoms with van der Waals surface area (Å²) in [5, 5.41) is 8.68. The number of anilines is 1. The van der Waals surface area contributed by atoms with E-state index < -0.39 is 0 Å². The number of hydrogen-bond acceptors (Lipinski definition) is 3. The summed E-state index contributed by atoms with van der Waals surface area (Å²) in [4.78, 5) is 13.5. The SMILES string of the molecule is CC(C#N)CN(C)C(=O)c1ccccc1N.